The zero-order chi connectivity index (χ0) is 19.3. The summed E-state index contributed by atoms with van der Waals surface area (Å²) in [6.07, 6.45) is 0. The Bertz CT molecular complexity index is 836. The number of benzene rings is 1. The highest BCUT2D eigenvalue weighted by atomic mass is 35.5. The molecule has 0 saturated heterocycles. The molecule has 2 aromatic rings. The monoisotopic (exact) mass is 407 g/mol. The second-order valence-corrected chi connectivity index (χ2v) is 6.16. The molecule has 0 bridgehead atoms. The summed E-state index contributed by atoms with van der Waals surface area (Å²) in [7, 11) is 1.13. The summed E-state index contributed by atoms with van der Waals surface area (Å²) in [5.41, 5.74) is 2.52. The van der Waals surface area contributed by atoms with Gasteiger partial charge in [0.05, 0.1) is 12.0 Å². The van der Waals surface area contributed by atoms with Crippen LogP contribution >= 0.6 is 11.6 Å². The minimum atomic E-state index is -3.90. The maximum atomic E-state index is 13.1. The number of carbonyl (C=O) groups is 1. The van der Waals surface area contributed by atoms with Crippen LogP contribution in [0.1, 0.15) is 11.4 Å². The van der Waals surface area contributed by atoms with Crippen molar-refractivity contribution in [2.75, 3.05) is 12.4 Å². The minimum Gasteiger partial charge on any atom is -0.467 e. The molecule has 9 nitrogen and oxygen atoms in total. The number of aromatic nitrogens is 3. The van der Waals surface area contributed by atoms with Gasteiger partial charge >= 0.3 is 17.4 Å². The maximum Gasteiger partial charge on any atom is 0.382 e. The van der Waals surface area contributed by atoms with E-state index in [1.165, 1.54) is 0 Å². The first-order valence-corrected chi connectivity index (χ1v) is 8.25. The molecule has 2 amide bonds. The van der Waals surface area contributed by atoms with Gasteiger partial charge < -0.3 is 4.74 Å². The van der Waals surface area contributed by atoms with Crippen LogP contribution in [-0.2, 0) is 20.7 Å². The number of hydrogen-bond acceptors (Lipinski definition) is 7. The smallest absolute Gasteiger partial charge is 0.382 e. The van der Waals surface area contributed by atoms with Crippen LogP contribution in [0.4, 0.5) is 19.5 Å². The quantitative estimate of drug-likeness (QED) is 0.557. The lowest BCUT2D eigenvalue weighted by Gasteiger charge is -2.10. The molecule has 0 saturated carbocycles. The number of alkyl halides is 3. The molecular formula is C13H12ClF2N5O4S. The highest BCUT2D eigenvalue weighted by Crippen LogP contribution is 2.30. The Labute approximate surface area is 153 Å². The van der Waals surface area contributed by atoms with E-state index in [1.807, 2.05) is 10.8 Å². The van der Waals surface area contributed by atoms with E-state index in [0.29, 0.717) is 10.5 Å². The summed E-state index contributed by atoms with van der Waals surface area (Å²) in [6, 6.07) is 5.10. The van der Waals surface area contributed by atoms with Crippen LogP contribution in [0.15, 0.2) is 29.2 Å². The Hall–Kier alpha value is -2.44. The van der Waals surface area contributed by atoms with Crippen LogP contribution < -0.4 is 15.5 Å². The van der Waals surface area contributed by atoms with E-state index >= 15 is 0 Å². The number of hydroxylamine groups is 1. The minimum absolute atomic E-state index is 0.346. The molecule has 1 aromatic carbocycles. The number of hydrogen-bond donors (Lipinski definition) is 2. The van der Waals surface area contributed by atoms with Crippen molar-refractivity contribution in [1.82, 2.24) is 20.4 Å². The highest BCUT2D eigenvalue weighted by Gasteiger charge is 2.33. The van der Waals surface area contributed by atoms with E-state index in [1.54, 1.807) is 31.2 Å². The van der Waals surface area contributed by atoms with Crippen molar-refractivity contribution in [3.05, 3.63) is 35.7 Å². The molecule has 1 unspecified atom stereocenters. The molecule has 0 aliphatic heterocycles. The Kier molecular flexibility index (Phi) is 6.34. The normalized spacial score (nSPS) is 12.3. The molecule has 1 aromatic heterocycles. The lowest BCUT2D eigenvalue weighted by Crippen LogP contribution is -2.31. The van der Waals surface area contributed by atoms with Crippen LogP contribution in [0, 0.1) is 6.92 Å². The van der Waals surface area contributed by atoms with Crippen molar-refractivity contribution in [3.63, 3.8) is 0 Å². The van der Waals surface area contributed by atoms with Crippen molar-refractivity contribution in [2.45, 2.75) is 17.2 Å². The number of methoxy groups -OCH3 is 1. The third kappa shape index (κ3) is 5.28. The SMILES string of the molecule is COc1nc(NC(=O)NOS(=O)c2ccccc2C)nc(C(F)(F)Cl)n1. The molecule has 13 heteroatoms. The van der Waals surface area contributed by atoms with Crippen LogP contribution in [-0.4, -0.2) is 32.3 Å². The number of nitrogens with zero attached hydrogens (tertiary/aromatic N) is 3. The topological polar surface area (TPSA) is 115 Å². The number of carbonyl (C=O) groups excluding carboxylic acids is 1. The van der Waals surface area contributed by atoms with E-state index in [9.17, 15) is 17.8 Å². The zero-order valence-corrected chi connectivity index (χ0v) is 14.9. The second-order valence-electron chi connectivity index (χ2n) is 4.61. The average molecular weight is 408 g/mol. The van der Waals surface area contributed by atoms with Crippen molar-refractivity contribution < 1.29 is 26.8 Å². The third-order valence-corrected chi connectivity index (χ3v) is 3.98. The predicted octanol–water partition coefficient (Wildman–Crippen LogP) is 2.25. The molecular weight excluding hydrogens is 396 g/mol. The van der Waals surface area contributed by atoms with Crippen LogP contribution in [0.2, 0.25) is 0 Å². The molecule has 1 atom stereocenters. The molecule has 0 spiro atoms. The first kappa shape index (κ1) is 19.9. The summed E-state index contributed by atoms with van der Waals surface area (Å²) >= 11 is 2.86. The lowest BCUT2D eigenvalue weighted by molar-refractivity contribution is 0.0832. The van der Waals surface area contributed by atoms with Gasteiger partial charge in [0.15, 0.2) is 0 Å². The fraction of sp³-hybridized carbons (Fsp3) is 0.231. The number of halogens is 3. The molecule has 2 N–H and O–H groups in total. The van der Waals surface area contributed by atoms with Crippen LogP contribution in [0.25, 0.3) is 0 Å². The lowest BCUT2D eigenvalue weighted by atomic mass is 10.2. The third-order valence-electron chi connectivity index (χ3n) is 2.76. The number of anilines is 1. The van der Waals surface area contributed by atoms with Gasteiger partial charge in [-0.05, 0) is 30.2 Å². The summed E-state index contributed by atoms with van der Waals surface area (Å²) < 4.78 is 47.6. The standard InChI is InChI=1S/C13H12ClF2N5O4S/c1-7-5-3-4-6-8(7)26(23)25-21-11(22)19-10-17-9(13(14,15)16)18-12(20-10)24-2/h3-6H,1-2H3,(H2,17,18,19,20,21,22). The van der Waals surface area contributed by atoms with Crippen LogP contribution in [0.5, 0.6) is 6.01 Å². The second kappa shape index (κ2) is 8.29. The van der Waals surface area contributed by atoms with Gasteiger partial charge in [0.25, 0.3) is 0 Å². The number of ether oxygens (including phenoxy) is 1. The Morgan fingerprint density at radius 1 is 1.27 bits per heavy atom. The number of amides is 2. The first-order valence-electron chi connectivity index (χ1n) is 6.79. The van der Waals surface area contributed by atoms with Gasteiger partial charge in [-0.15, -0.1) is 0 Å². The van der Waals surface area contributed by atoms with Gasteiger partial charge in [0.1, 0.15) is 0 Å². The van der Waals surface area contributed by atoms with E-state index in [-0.39, 0.29) is 0 Å². The molecule has 0 fully saturated rings. The molecule has 0 radical (unpaired) electrons. The number of nitrogens with one attached hydrogen (secondary N) is 2. The first-order chi connectivity index (χ1) is 12.2. The molecule has 0 aliphatic carbocycles. The fourth-order valence-electron chi connectivity index (χ4n) is 1.62. The van der Waals surface area contributed by atoms with Gasteiger partial charge in [0, 0.05) is 0 Å². The van der Waals surface area contributed by atoms with E-state index in [0.717, 1.165) is 7.11 Å². The predicted molar refractivity (Wildman–Crippen MR) is 87.0 cm³/mol. The molecule has 0 aliphatic rings. The number of urea groups is 1. The summed E-state index contributed by atoms with van der Waals surface area (Å²) in [5, 5.41) is -1.89. The van der Waals surface area contributed by atoms with E-state index in [4.69, 9.17) is 15.9 Å². The summed E-state index contributed by atoms with van der Waals surface area (Å²) in [4.78, 5) is 22.2. The summed E-state index contributed by atoms with van der Waals surface area (Å²) in [6.45, 7) is 1.71. The van der Waals surface area contributed by atoms with E-state index in [2.05, 4.69) is 19.7 Å². The number of aryl methyl sites for hydroxylation is 1. The molecule has 26 heavy (non-hydrogen) atoms. The van der Waals surface area contributed by atoms with Gasteiger partial charge in [-0.25, -0.2) is 14.5 Å². The number of rotatable bonds is 6. The Morgan fingerprint density at radius 3 is 2.58 bits per heavy atom. The molecule has 2 rings (SSSR count). The van der Waals surface area contributed by atoms with Gasteiger partial charge in [-0.3, -0.25) is 5.32 Å². The van der Waals surface area contributed by atoms with Gasteiger partial charge in [0.2, 0.25) is 22.9 Å². The van der Waals surface area contributed by atoms with Gasteiger partial charge in [-0.1, -0.05) is 18.2 Å². The van der Waals surface area contributed by atoms with E-state index < -0.39 is 40.3 Å². The molecule has 1 heterocycles. The van der Waals surface area contributed by atoms with Gasteiger partial charge in [-0.2, -0.15) is 28.0 Å². The molecule has 140 valence electrons. The summed E-state index contributed by atoms with van der Waals surface area (Å²) in [5.74, 6) is -1.69. The highest BCUT2D eigenvalue weighted by molar-refractivity contribution is 7.80. The Balaban J connectivity index is 2.04. The van der Waals surface area contributed by atoms with Crippen molar-refractivity contribution >= 4 is 34.7 Å². The van der Waals surface area contributed by atoms with Crippen molar-refractivity contribution in [3.8, 4) is 6.01 Å². The Morgan fingerprint density at radius 2 is 1.96 bits per heavy atom. The average Bonchev–Trinajstić information content (AvgIpc) is 2.59. The zero-order valence-electron chi connectivity index (χ0n) is 13.3. The largest absolute Gasteiger partial charge is 0.467 e. The van der Waals surface area contributed by atoms with Crippen LogP contribution in [0.3, 0.4) is 0 Å². The van der Waals surface area contributed by atoms with Crippen molar-refractivity contribution in [1.29, 1.82) is 0 Å². The fourth-order valence-corrected chi connectivity index (χ4v) is 2.47. The maximum absolute atomic E-state index is 13.1. The van der Waals surface area contributed by atoms with Crippen molar-refractivity contribution in [2.24, 2.45) is 0 Å².